The number of nitrogens with one attached hydrogen (secondary N) is 2. The van der Waals surface area contributed by atoms with Crippen LogP contribution in [0, 0.1) is 6.92 Å². The molecular weight excluding hydrogens is 695 g/mol. The molecule has 0 aliphatic carbocycles. The fraction of sp³-hybridized carbons (Fsp3) is 0.390. The molecule has 3 aliphatic rings. The molecule has 7 rings (SSSR count). The quantitative estimate of drug-likeness (QED) is 0.175. The van der Waals surface area contributed by atoms with Crippen molar-refractivity contribution in [2.75, 3.05) is 38.2 Å². The molecule has 4 aromatic carbocycles. The summed E-state index contributed by atoms with van der Waals surface area (Å²) < 4.78 is 54.3. The average Bonchev–Trinajstić information content (AvgIpc) is 3.64. The maximum Gasteiger partial charge on any atom is 0.242 e. The van der Waals surface area contributed by atoms with E-state index in [-0.39, 0.29) is 30.1 Å². The first-order valence-corrected chi connectivity index (χ1v) is 19.7. The fourth-order valence-electron chi connectivity index (χ4n) is 7.15. The van der Waals surface area contributed by atoms with E-state index in [9.17, 15) is 18.3 Å². The summed E-state index contributed by atoms with van der Waals surface area (Å²) in [5.74, 6) is -0.929. The normalized spacial score (nSPS) is 22.4. The molecule has 3 saturated heterocycles. The Kier molecular flexibility index (Phi) is 11.7. The van der Waals surface area contributed by atoms with E-state index in [4.69, 9.17) is 18.9 Å². The Bertz CT molecular complexity index is 1910. The lowest BCUT2D eigenvalue weighted by Gasteiger charge is -2.41. The molecule has 0 saturated carbocycles. The van der Waals surface area contributed by atoms with E-state index >= 15 is 0 Å². The summed E-state index contributed by atoms with van der Waals surface area (Å²) in [4.78, 5) is 16.2. The molecule has 3 fully saturated rings. The van der Waals surface area contributed by atoms with Gasteiger partial charge in [0.2, 0.25) is 15.9 Å². The molecular formula is C41H47N3O8S. The van der Waals surface area contributed by atoms with Crippen LogP contribution < -0.4 is 10.0 Å². The molecule has 0 bridgehead atoms. The summed E-state index contributed by atoms with van der Waals surface area (Å²) in [6.45, 7) is 5.57. The molecule has 3 heterocycles. The van der Waals surface area contributed by atoms with Gasteiger partial charge in [0.05, 0.1) is 36.9 Å². The Morgan fingerprint density at radius 2 is 1.51 bits per heavy atom. The van der Waals surface area contributed by atoms with Gasteiger partial charge in [-0.3, -0.25) is 4.79 Å². The number of amides is 1. The summed E-state index contributed by atoms with van der Waals surface area (Å²) in [6.07, 6.45) is 1.46. The molecule has 53 heavy (non-hydrogen) atoms. The number of likely N-dealkylation sites (tertiary alicyclic amines) is 1. The third-order valence-electron chi connectivity index (χ3n) is 10.2. The van der Waals surface area contributed by atoms with Crippen molar-refractivity contribution in [1.82, 2.24) is 9.62 Å². The lowest BCUT2D eigenvalue weighted by Crippen LogP contribution is -2.48. The van der Waals surface area contributed by atoms with E-state index < -0.39 is 34.0 Å². The largest absolute Gasteiger partial charge is 0.392 e. The standard InChI is InChI=1S/C41H47N3O8S/c1-29-7-17-36(18-8-29)53(47,48)43-37(25-30-5-3-2-4-6-30)39(46)42-34-15-13-33(14-16-34)40-51-35(26-38(52-40)32-11-9-31(28-45)10-12-32)27-44-21-19-41(20-22-44)49-23-24-50-41/h2-18,35,37-38,40,43,45H,19-28H2,1H3,(H,42,46)/t35-,37-,38+,40+/m1/s1. The van der Waals surface area contributed by atoms with Gasteiger partial charge in [-0.1, -0.05) is 84.4 Å². The van der Waals surface area contributed by atoms with Crippen LogP contribution in [0.2, 0.25) is 0 Å². The van der Waals surface area contributed by atoms with Crippen LogP contribution >= 0.6 is 0 Å². The number of anilines is 1. The van der Waals surface area contributed by atoms with Crippen molar-refractivity contribution in [2.24, 2.45) is 0 Å². The number of aryl methyl sites for hydroxylation is 1. The van der Waals surface area contributed by atoms with E-state index in [1.807, 2.05) is 73.7 Å². The summed E-state index contributed by atoms with van der Waals surface area (Å²) in [7, 11) is -3.98. The zero-order valence-electron chi connectivity index (χ0n) is 29.9. The average molecular weight is 742 g/mol. The first-order valence-electron chi connectivity index (χ1n) is 18.2. The van der Waals surface area contributed by atoms with Gasteiger partial charge in [-0.15, -0.1) is 0 Å². The molecule has 4 atom stereocenters. The smallest absolute Gasteiger partial charge is 0.242 e. The van der Waals surface area contributed by atoms with Crippen LogP contribution in [0.15, 0.2) is 108 Å². The van der Waals surface area contributed by atoms with Gasteiger partial charge in [-0.05, 0) is 54.3 Å². The monoisotopic (exact) mass is 741 g/mol. The number of carbonyl (C=O) groups is 1. The minimum absolute atomic E-state index is 0.0292. The maximum atomic E-state index is 13.7. The highest BCUT2D eigenvalue weighted by Gasteiger charge is 2.41. The molecule has 3 N–H and O–H groups in total. The van der Waals surface area contributed by atoms with Crippen LogP contribution in [0.3, 0.4) is 0 Å². The van der Waals surface area contributed by atoms with E-state index in [0.29, 0.717) is 25.3 Å². The predicted molar refractivity (Wildman–Crippen MR) is 199 cm³/mol. The van der Waals surface area contributed by atoms with Crippen LogP contribution in [0.5, 0.6) is 0 Å². The highest BCUT2D eigenvalue weighted by molar-refractivity contribution is 7.89. The Morgan fingerprint density at radius 1 is 0.849 bits per heavy atom. The second kappa shape index (κ2) is 16.6. The molecule has 1 amide bonds. The lowest BCUT2D eigenvalue weighted by atomic mass is 9.98. The minimum atomic E-state index is -3.98. The van der Waals surface area contributed by atoms with Crippen molar-refractivity contribution in [3.8, 4) is 0 Å². The Hall–Kier alpha value is -3.98. The minimum Gasteiger partial charge on any atom is -0.392 e. The van der Waals surface area contributed by atoms with Crippen LogP contribution in [-0.4, -0.2) is 75.1 Å². The van der Waals surface area contributed by atoms with Crippen LogP contribution in [0.1, 0.15) is 59.5 Å². The van der Waals surface area contributed by atoms with Gasteiger partial charge in [-0.25, -0.2) is 8.42 Å². The van der Waals surface area contributed by atoms with E-state index in [2.05, 4.69) is 14.9 Å². The first kappa shape index (κ1) is 37.3. The second-order valence-corrected chi connectivity index (χ2v) is 15.8. The molecule has 0 aromatic heterocycles. The van der Waals surface area contributed by atoms with Crippen LogP contribution in [-0.2, 0) is 46.8 Å². The van der Waals surface area contributed by atoms with Gasteiger partial charge >= 0.3 is 0 Å². The number of hydrogen-bond donors (Lipinski definition) is 3. The molecule has 280 valence electrons. The topological polar surface area (TPSA) is 136 Å². The molecule has 1 spiro atoms. The number of rotatable bonds is 12. The zero-order chi connectivity index (χ0) is 36.8. The van der Waals surface area contributed by atoms with Crippen molar-refractivity contribution >= 4 is 21.6 Å². The number of nitrogens with zero attached hydrogens (tertiary/aromatic N) is 1. The summed E-state index contributed by atoms with van der Waals surface area (Å²) in [5, 5.41) is 12.5. The number of carbonyl (C=O) groups excluding carboxylic acids is 1. The van der Waals surface area contributed by atoms with Crippen molar-refractivity contribution < 1.29 is 37.3 Å². The Labute approximate surface area is 311 Å². The fourth-order valence-corrected chi connectivity index (χ4v) is 8.34. The molecule has 0 radical (unpaired) electrons. The number of sulfonamides is 1. The molecule has 12 heteroatoms. The van der Waals surface area contributed by atoms with Gasteiger partial charge in [0.15, 0.2) is 12.1 Å². The number of aliphatic hydroxyl groups is 1. The SMILES string of the molecule is Cc1ccc(S(=O)(=O)N[C@H](Cc2ccccc2)C(=O)Nc2ccc([C@H]3O[C@@H](CN4CCC5(CC4)OCCO5)C[C@@H](c4ccc(CO)cc4)O3)cc2)cc1. The Morgan fingerprint density at radius 3 is 2.17 bits per heavy atom. The van der Waals surface area contributed by atoms with Crippen molar-refractivity contribution in [2.45, 2.75) is 74.4 Å². The van der Waals surface area contributed by atoms with Gasteiger partial charge < -0.3 is 34.3 Å². The van der Waals surface area contributed by atoms with Crippen molar-refractivity contribution in [3.05, 3.63) is 131 Å². The molecule has 11 nitrogen and oxygen atoms in total. The van der Waals surface area contributed by atoms with Crippen molar-refractivity contribution in [1.29, 1.82) is 0 Å². The number of aliphatic hydroxyl groups excluding tert-OH is 1. The summed E-state index contributed by atoms with van der Waals surface area (Å²) in [5.41, 5.74) is 4.89. The highest BCUT2D eigenvalue weighted by atomic mass is 32.2. The number of benzene rings is 4. The van der Waals surface area contributed by atoms with E-state index in [1.54, 1.807) is 24.3 Å². The number of hydrogen-bond acceptors (Lipinski definition) is 9. The molecule has 3 aliphatic heterocycles. The van der Waals surface area contributed by atoms with E-state index in [0.717, 1.165) is 60.3 Å². The lowest BCUT2D eigenvalue weighted by molar-refractivity contribution is -0.255. The number of ether oxygens (including phenoxy) is 4. The van der Waals surface area contributed by atoms with E-state index in [1.165, 1.54) is 12.1 Å². The van der Waals surface area contributed by atoms with Crippen molar-refractivity contribution in [3.63, 3.8) is 0 Å². The van der Waals surface area contributed by atoms with Gasteiger partial charge in [0.25, 0.3) is 0 Å². The zero-order valence-corrected chi connectivity index (χ0v) is 30.7. The van der Waals surface area contributed by atoms with Crippen LogP contribution in [0.25, 0.3) is 0 Å². The second-order valence-electron chi connectivity index (χ2n) is 14.0. The predicted octanol–water partition coefficient (Wildman–Crippen LogP) is 5.40. The van der Waals surface area contributed by atoms with Gasteiger partial charge in [-0.2, -0.15) is 4.72 Å². The summed E-state index contributed by atoms with van der Waals surface area (Å²) >= 11 is 0. The number of piperidine rings is 1. The Balaban J connectivity index is 1.05. The van der Waals surface area contributed by atoms with Gasteiger partial charge in [0.1, 0.15) is 6.04 Å². The highest BCUT2D eigenvalue weighted by Crippen LogP contribution is 2.39. The molecule has 0 unspecified atom stereocenters. The van der Waals surface area contributed by atoms with Crippen LogP contribution in [0.4, 0.5) is 5.69 Å². The third kappa shape index (κ3) is 9.40. The first-order chi connectivity index (χ1) is 25.7. The molecule has 4 aromatic rings. The third-order valence-corrected chi connectivity index (χ3v) is 11.7. The van der Waals surface area contributed by atoms with Gasteiger partial charge in [0, 0.05) is 50.1 Å². The maximum absolute atomic E-state index is 13.7. The summed E-state index contributed by atoms with van der Waals surface area (Å²) in [6, 6.07) is 29.8.